The maximum Gasteiger partial charge on any atom is 0.118 e. The van der Waals surface area contributed by atoms with Gasteiger partial charge in [-0.2, -0.15) is 10.5 Å². The van der Waals surface area contributed by atoms with Crippen LogP contribution in [0.3, 0.4) is 0 Å². The Kier molecular flexibility index (Phi) is 7.67. The summed E-state index contributed by atoms with van der Waals surface area (Å²) in [6.07, 6.45) is 3.87. The molecule has 0 amide bonds. The van der Waals surface area contributed by atoms with Crippen molar-refractivity contribution in [3.8, 4) is 12.1 Å². The molecule has 0 saturated carbocycles. The summed E-state index contributed by atoms with van der Waals surface area (Å²) in [6.45, 7) is 4.72. The van der Waals surface area contributed by atoms with Gasteiger partial charge in [0.05, 0.1) is 36.5 Å². The number of allylic oxidation sites excluding steroid dienone is 2. The molecule has 0 aliphatic carbocycles. The molecule has 0 aromatic heterocycles. The quantitative estimate of drug-likeness (QED) is 0.641. The van der Waals surface area contributed by atoms with Gasteiger partial charge in [-0.1, -0.05) is 21.6 Å². The van der Waals surface area contributed by atoms with Crippen molar-refractivity contribution >= 4 is 21.6 Å². The van der Waals surface area contributed by atoms with Crippen LogP contribution >= 0.6 is 21.6 Å². The fourth-order valence-corrected chi connectivity index (χ4v) is 5.55. The smallest absolute Gasteiger partial charge is 0.118 e. The second-order valence-corrected chi connectivity index (χ2v) is 8.35. The lowest BCUT2D eigenvalue weighted by Crippen LogP contribution is -2.33. The highest BCUT2D eigenvalue weighted by molar-refractivity contribution is 8.77. The van der Waals surface area contributed by atoms with E-state index in [1.807, 2.05) is 26.0 Å². The summed E-state index contributed by atoms with van der Waals surface area (Å²) in [6, 6.07) is 4.58. The first-order chi connectivity index (χ1) is 12.5. The molecule has 0 aromatic rings. The SMILES string of the molecule is COCC1=C(C#N)[C@H](SS[C@@H]2NC(C)=CC(COC)=C2C#N)NC(C)=C1. The van der Waals surface area contributed by atoms with Crippen molar-refractivity contribution in [2.75, 3.05) is 27.4 Å². The fourth-order valence-electron chi connectivity index (χ4n) is 2.72. The Bertz CT molecular complexity index is 692. The molecule has 0 spiro atoms. The molecule has 0 unspecified atom stereocenters. The molecule has 0 aromatic carbocycles. The molecule has 0 radical (unpaired) electrons. The Morgan fingerprint density at radius 2 is 1.27 bits per heavy atom. The van der Waals surface area contributed by atoms with Crippen LogP contribution in [0, 0.1) is 22.7 Å². The van der Waals surface area contributed by atoms with Gasteiger partial charge in [0, 0.05) is 25.6 Å². The largest absolute Gasteiger partial charge is 0.380 e. The van der Waals surface area contributed by atoms with E-state index in [2.05, 4.69) is 22.8 Å². The third kappa shape index (κ3) is 4.87. The minimum Gasteiger partial charge on any atom is -0.380 e. The van der Waals surface area contributed by atoms with Crippen molar-refractivity contribution in [3.63, 3.8) is 0 Å². The zero-order valence-corrected chi connectivity index (χ0v) is 16.9. The molecule has 26 heavy (non-hydrogen) atoms. The molecule has 0 saturated heterocycles. The number of dihydropyridines is 2. The number of nitrogens with one attached hydrogen (secondary N) is 2. The second-order valence-electron chi connectivity index (χ2n) is 5.86. The first-order valence-corrected chi connectivity index (χ1v) is 10.3. The van der Waals surface area contributed by atoms with Gasteiger partial charge in [0.15, 0.2) is 0 Å². The number of rotatable bonds is 7. The summed E-state index contributed by atoms with van der Waals surface area (Å²) in [5.74, 6) is 0. The van der Waals surface area contributed by atoms with Crippen molar-refractivity contribution in [1.82, 2.24) is 10.6 Å². The third-order valence-corrected chi connectivity index (χ3v) is 6.50. The molecule has 2 rings (SSSR count). The standard InChI is InChI=1S/C18H22N4O2S2/c1-11-5-13(9-23-3)15(7-19)17(21-11)25-26-18-16(8-20)14(10-24-4)6-12(2)22-18/h5-6,17-18,21-22H,9-10H2,1-4H3/t17-,18-/m0/s1. The zero-order valence-electron chi connectivity index (χ0n) is 15.3. The summed E-state index contributed by atoms with van der Waals surface area (Å²) in [5.41, 5.74) is 5.03. The number of hydrogen-bond donors (Lipinski definition) is 2. The lowest BCUT2D eigenvalue weighted by atomic mass is 10.1. The van der Waals surface area contributed by atoms with Crippen LogP contribution in [0.5, 0.6) is 0 Å². The molecule has 2 aliphatic heterocycles. The van der Waals surface area contributed by atoms with Gasteiger partial charge in [0.25, 0.3) is 0 Å². The van der Waals surface area contributed by atoms with Gasteiger partial charge < -0.3 is 20.1 Å². The fraction of sp³-hybridized carbons (Fsp3) is 0.444. The van der Waals surface area contributed by atoms with Crippen molar-refractivity contribution < 1.29 is 9.47 Å². The molecule has 2 N–H and O–H groups in total. The van der Waals surface area contributed by atoms with Gasteiger partial charge in [0.2, 0.25) is 0 Å². The van der Waals surface area contributed by atoms with Gasteiger partial charge in [-0.25, -0.2) is 0 Å². The zero-order chi connectivity index (χ0) is 19.1. The van der Waals surface area contributed by atoms with Gasteiger partial charge in [-0.3, -0.25) is 0 Å². The number of nitriles is 2. The van der Waals surface area contributed by atoms with Gasteiger partial charge in [-0.05, 0) is 37.1 Å². The molecule has 8 heteroatoms. The molecular formula is C18H22N4O2S2. The van der Waals surface area contributed by atoms with E-state index in [1.165, 1.54) is 21.6 Å². The van der Waals surface area contributed by atoms with E-state index in [9.17, 15) is 10.5 Å². The highest BCUT2D eigenvalue weighted by atomic mass is 33.1. The summed E-state index contributed by atoms with van der Waals surface area (Å²) in [7, 11) is 6.28. The summed E-state index contributed by atoms with van der Waals surface area (Å²) in [5, 5.41) is 25.4. The van der Waals surface area contributed by atoms with E-state index in [1.54, 1.807) is 14.2 Å². The van der Waals surface area contributed by atoms with Crippen molar-refractivity contribution in [1.29, 1.82) is 10.5 Å². The highest BCUT2D eigenvalue weighted by Gasteiger charge is 2.28. The minimum absolute atomic E-state index is 0.195. The predicted octanol–water partition coefficient (Wildman–Crippen LogP) is 2.97. The third-order valence-electron chi connectivity index (χ3n) is 3.80. The van der Waals surface area contributed by atoms with Gasteiger partial charge >= 0.3 is 0 Å². The molecule has 2 aliphatic rings. The topological polar surface area (TPSA) is 90.1 Å². The molecule has 0 bridgehead atoms. The first-order valence-electron chi connectivity index (χ1n) is 8.00. The Morgan fingerprint density at radius 1 is 0.885 bits per heavy atom. The normalized spacial score (nSPS) is 22.7. The van der Waals surface area contributed by atoms with Crippen LogP contribution < -0.4 is 10.6 Å². The van der Waals surface area contributed by atoms with Crippen LogP contribution in [0.4, 0.5) is 0 Å². The Morgan fingerprint density at radius 3 is 1.58 bits per heavy atom. The Labute approximate surface area is 162 Å². The maximum atomic E-state index is 9.58. The Balaban J connectivity index is 2.17. The minimum atomic E-state index is -0.195. The van der Waals surface area contributed by atoms with E-state index >= 15 is 0 Å². The lowest BCUT2D eigenvalue weighted by Gasteiger charge is -2.29. The van der Waals surface area contributed by atoms with Crippen molar-refractivity contribution in [2.24, 2.45) is 0 Å². The average Bonchev–Trinajstić information content (AvgIpc) is 2.60. The summed E-state index contributed by atoms with van der Waals surface area (Å²) in [4.78, 5) is 0. The van der Waals surface area contributed by atoms with Crippen LogP contribution in [0.2, 0.25) is 0 Å². The van der Waals surface area contributed by atoms with Crippen LogP contribution in [0.15, 0.2) is 45.8 Å². The van der Waals surface area contributed by atoms with Crippen molar-refractivity contribution in [3.05, 3.63) is 45.8 Å². The van der Waals surface area contributed by atoms with Crippen LogP contribution in [-0.2, 0) is 9.47 Å². The van der Waals surface area contributed by atoms with E-state index < -0.39 is 0 Å². The summed E-state index contributed by atoms with van der Waals surface area (Å²) >= 11 is 0. The molecule has 138 valence electrons. The van der Waals surface area contributed by atoms with Crippen LogP contribution in [0.25, 0.3) is 0 Å². The van der Waals surface area contributed by atoms with Gasteiger partial charge in [-0.15, -0.1) is 0 Å². The Hall–Kier alpha value is -1.84. The predicted molar refractivity (Wildman–Crippen MR) is 106 cm³/mol. The first kappa shape index (κ1) is 20.5. The van der Waals surface area contributed by atoms with Crippen LogP contribution in [0.1, 0.15) is 13.8 Å². The average molecular weight is 391 g/mol. The van der Waals surface area contributed by atoms with E-state index in [-0.39, 0.29) is 10.7 Å². The van der Waals surface area contributed by atoms with E-state index in [4.69, 9.17) is 9.47 Å². The number of nitrogens with zero attached hydrogens (tertiary/aromatic N) is 2. The molecule has 2 heterocycles. The van der Waals surface area contributed by atoms with Crippen molar-refractivity contribution in [2.45, 2.75) is 24.6 Å². The monoisotopic (exact) mass is 390 g/mol. The van der Waals surface area contributed by atoms with Crippen LogP contribution in [-0.4, -0.2) is 38.2 Å². The number of hydrogen-bond acceptors (Lipinski definition) is 8. The van der Waals surface area contributed by atoms with E-state index in [0.717, 1.165) is 22.5 Å². The number of ether oxygens (including phenoxy) is 2. The van der Waals surface area contributed by atoms with Gasteiger partial charge in [0.1, 0.15) is 10.7 Å². The highest BCUT2D eigenvalue weighted by Crippen LogP contribution is 2.39. The van der Waals surface area contributed by atoms with E-state index in [0.29, 0.717) is 24.4 Å². The molecular weight excluding hydrogens is 368 g/mol. The molecule has 0 fully saturated rings. The summed E-state index contributed by atoms with van der Waals surface area (Å²) < 4.78 is 10.4. The number of methoxy groups -OCH3 is 2. The maximum absolute atomic E-state index is 9.58. The lowest BCUT2D eigenvalue weighted by molar-refractivity contribution is 0.227. The molecule has 2 atom stereocenters. The second kappa shape index (κ2) is 9.75. The molecule has 6 nitrogen and oxygen atoms in total.